The van der Waals surface area contributed by atoms with Crippen LogP contribution in [0.15, 0.2) is 11.6 Å². The van der Waals surface area contributed by atoms with E-state index in [9.17, 15) is 13.2 Å². The van der Waals surface area contributed by atoms with Crippen molar-refractivity contribution >= 4 is 15.6 Å². The zero-order chi connectivity index (χ0) is 12.0. The van der Waals surface area contributed by atoms with Crippen LogP contribution in [0.2, 0.25) is 0 Å². The Bertz CT molecular complexity index is 358. The Balaban J connectivity index is 2.30. The van der Waals surface area contributed by atoms with Gasteiger partial charge in [0.25, 0.3) is 0 Å². The van der Waals surface area contributed by atoms with E-state index in [1.54, 1.807) is 6.08 Å². The van der Waals surface area contributed by atoms with Gasteiger partial charge < -0.3 is 0 Å². The maximum Gasteiger partial charge on any atom is 0.155 e. The summed E-state index contributed by atoms with van der Waals surface area (Å²) in [5, 5.41) is 0. The number of hydrogen-bond donors (Lipinski definition) is 0. The molecule has 0 atom stereocenters. The van der Waals surface area contributed by atoms with Crippen molar-refractivity contribution in [3.05, 3.63) is 11.6 Å². The number of carbonyl (C=O) groups excluding carboxylic acids is 1. The average molecular weight is 244 g/mol. The summed E-state index contributed by atoms with van der Waals surface area (Å²) < 4.78 is 21.8. The first kappa shape index (κ1) is 13.4. The minimum Gasteiger partial charge on any atom is -0.295 e. The first-order valence-corrected chi connectivity index (χ1v) is 7.93. The summed E-state index contributed by atoms with van der Waals surface area (Å²) >= 11 is 0. The number of allylic oxidation sites excluding steroid dienone is 2. The minimum absolute atomic E-state index is 0.0838. The van der Waals surface area contributed by atoms with E-state index in [1.165, 1.54) is 31.1 Å². The molecule has 1 rings (SSSR count). The van der Waals surface area contributed by atoms with E-state index >= 15 is 0 Å². The van der Waals surface area contributed by atoms with Crippen molar-refractivity contribution in [1.29, 1.82) is 0 Å². The molecule has 0 spiro atoms. The molecule has 1 aliphatic carbocycles. The molecule has 0 aromatic heterocycles. The Morgan fingerprint density at radius 2 is 1.88 bits per heavy atom. The maximum atomic E-state index is 11.5. The van der Waals surface area contributed by atoms with Gasteiger partial charge in [-0.25, -0.2) is 8.42 Å². The number of ketones is 1. The molecule has 0 bridgehead atoms. The predicted octanol–water partition coefficient (Wildman–Crippen LogP) is 2.27. The monoisotopic (exact) mass is 244 g/mol. The third-order valence-electron chi connectivity index (χ3n) is 2.80. The summed E-state index contributed by atoms with van der Waals surface area (Å²) in [6.45, 7) is 0. The number of sulfone groups is 1. The van der Waals surface area contributed by atoms with E-state index in [0.29, 0.717) is 12.8 Å². The van der Waals surface area contributed by atoms with Crippen LogP contribution in [-0.2, 0) is 14.6 Å². The molecule has 16 heavy (non-hydrogen) atoms. The van der Waals surface area contributed by atoms with Crippen LogP contribution >= 0.6 is 0 Å². The Morgan fingerprint density at radius 3 is 2.44 bits per heavy atom. The van der Waals surface area contributed by atoms with E-state index in [0.717, 1.165) is 12.8 Å². The third-order valence-corrected chi connectivity index (χ3v) is 3.83. The molecule has 0 aromatic rings. The fourth-order valence-electron chi connectivity index (χ4n) is 1.96. The molecule has 92 valence electrons. The summed E-state index contributed by atoms with van der Waals surface area (Å²) in [7, 11) is -2.93. The van der Waals surface area contributed by atoms with Gasteiger partial charge in [0.2, 0.25) is 0 Å². The summed E-state index contributed by atoms with van der Waals surface area (Å²) in [6.07, 6.45) is 9.46. The summed E-state index contributed by atoms with van der Waals surface area (Å²) in [4.78, 5) is 11.5. The lowest BCUT2D eigenvalue weighted by Crippen LogP contribution is -2.06. The molecule has 3 nitrogen and oxygen atoms in total. The topological polar surface area (TPSA) is 51.2 Å². The van der Waals surface area contributed by atoms with Crippen LogP contribution in [0, 0.1) is 0 Å². The number of carbonyl (C=O) groups is 1. The van der Waals surface area contributed by atoms with Gasteiger partial charge in [0, 0.05) is 12.7 Å². The SMILES string of the molecule is CS(=O)(=O)CCCC(=O)C=C1CCCCC1. The first-order valence-electron chi connectivity index (χ1n) is 5.87. The highest BCUT2D eigenvalue weighted by molar-refractivity contribution is 7.90. The summed E-state index contributed by atoms with van der Waals surface area (Å²) in [5.74, 6) is 0.197. The van der Waals surface area contributed by atoms with Crippen molar-refractivity contribution in [2.45, 2.75) is 44.9 Å². The van der Waals surface area contributed by atoms with Crippen molar-refractivity contribution in [3.63, 3.8) is 0 Å². The highest BCUT2D eigenvalue weighted by Crippen LogP contribution is 2.22. The quantitative estimate of drug-likeness (QED) is 0.697. The van der Waals surface area contributed by atoms with Crippen LogP contribution in [-0.4, -0.2) is 26.2 Å². The van der Waals surface area contributed by atoms with E-state index in [2.05, 4.69) is 0 Å². The second kappa shape index (κ2) is 6.18. The zero-order valence-corrected chi connectivity index (χ0v) is 10.7. The molecule has 0 saturated heterocycles. The van der Waals surface area contributed by atoms with E-state index < -0.39 is 9.84 Å². The fraction of sp³-hybridized carbons (Fsp3) is 0.750. The van der Waals surface area contributed by atoms with Gasteiger partial charge in [-0.15, -0.1) is 0 Å². The Labute approximate surface area is 97.8 Å². The second-order valence-corrected chi connectivity index (χ2v) is 6.82. The largest absolute Gasteiger partial charge is 0.295 e. The Kier molecular flexibility index (Phi) is 5.19. The molecule has 0 heterocycles. The lowest BCUT2D eigenvalue weighted by Gasteiger charge is -2.12. The fourth-order valence-corrected chi connectivity index (χ4v) is 2.63. The summed E-state index contributed by atoms with van der Waals surface area (Å²) in [5.41, 5.74) is 1.25. The Hall–Kier alpha value is -0.640. The molecule has 0 unspecified atom stereocenters. The third kappa shape index (κ3) is 6.05. The molecule has 0 aliphatic heterocycles. The zero-order valence-electron chi connectivity index (χ0n) is 9.87. The lowest BCUT2D eigenvalue weighted by molar-refractivity contribution is -0.114. The predicted molar refractivity (Wildman–Crippen MR) is 65.1 cm³/mol. The van der Waals surface area contributed by atoms with Gasteiger partial charge in [0.15, 0.2) is 5.78 Å². The molecule has 1 saturated carbocycles. The van der Waals surface area contributed by atoms with Crippen molar-refractivity contribution in [1.82, 2.24) is 0 Å². The Morgan fingerprint density at radius 1 is 1.25 bits per heavy atom. The molecular weight excluding hydrogens is 224 g/mol. The van der Waals surface area contributed by atoms with Crippen LogP contribution in [0.5, 0.6) is 0 Å². The van der Waals surface area contributed by atoms with Crippen molar-refractivity contribution in [3.8, 4) is 0 Å². The van der Waals surface area contributed by atoms with Crippen LogP contribution in [0.1, 0.15) is 44.9 Å². The standard InChI is InChI=1S/C12H20O3S/c1-16(14,15)9-5-8-12(13)10-11-6-3-2-4-7-11/h10H,2-9H2,1H3. The van der Waals surface area contributed by atoms with Crippen molar-refractivity contribution in [2.24, 2.45) is 0 Å². The van der Waals surface area contributed by atoms with E-state index in [4.69, 9.17) is 0 Å². The van der Waals surface area contributed by atoms with Gasteiger partial charge in [-0.3, -0.25) is 4.79 Å². The second-order valence-electron chi connectivity index (χ2n) is 4.56. The van der Waals surface area contributed by atoms with Gasteiger partial charge in [0.05, 0.1) is 5.75 Å². The highest BCUT2D eigenvalue weighted by Gasteiger charge is 2.08. The molecule has 0 radical (unpaired) electrons. The minimum atomic E-state index is -2.93. The highest BCUT2D eigenvalue weighted by atomic mass is 32.2. The van der Waals surface area contributed by atoms with Crippen LogP contribution in [0.3, 0.4) is 0 Å². The maximum absolute atomic E-state index is 11.5. The molecule has 1 aliphatic rings. The van der Waals surface area contributed by atoms with Crippen LogP contribution in [0.4, 0.5) is 0 Å². The first-order chi connectivity index (χ1) is 7.47. The van der Waals surface area contributed by atoms with Gasteiger partial charge in [-0.2, -0.15) is 0 Å². The molecule has 0 aromatic carbocycles. The van der Waals surface area contributed by atoms with Crippen LogP contribution in [0.25, 0.3) is 0 Å². The van der Waals surface area contributed by atoms with E-state index in [-0.39, 0.29) is 11.5 Å². The van der Waals surface area contributed by atoms with E-state index in [1.807, 2.05) is 0 Å². The lowest BCUT2D eigenvalue weighted by atomic mass is 9.94. The normalized spacial score (nSPS) is 17.2. The smallest absolute Gasteiger partial charge is 0.155 e. The van der Waals surface area contributed by atoms with Crippen molar-refractivity contribution < 1.29 is 13.2 Å². The van der Waals surface area contributed by atoms with Crippen LogP contribution < -0.4 is 0 Å². The van der Waals surface area contributed by atoms with Gasteiger partial charge in [-0.1, -0.05) is 12.0 Å². The summed E-state index contributed by atoms with van der Waals surface area (Å²) in [6, 6.07) is 0. The molecule has 0 amide bonds. The number of rotatable bonds is 5. The molecule has 4 heteroatoms. The van der Waals surface area contributed by atoms with Gasteiger partial charge in [0.1, 0.15) is 9.84 Å². The molecule has 1 fully saturated rings. The van der Waals surface area contributed by atoms with Gasteiger partial charge in [-0.05, 0) is 38.2 Å². The molecular formula is C12H20O3S. The number of hydrogen-bond acceptors (Lipinski definition) is 3. The average Bonchev–Trinajstić information content (AvgIpc) is 2.17. The van der Waals surface area contributed by atoms with Crippen molar-refractivity contribution in [2.75, 3.05) is 12.0 Å². The van der Waals surface area contributed by atoms with Gasteiger partial charge >= 0.3 is 0 Å². The molecule has 0 N–H and O–H groups in total.